The number of fused-ring (bicyclic) bond motifs is 2. The van der Waals surface area contributed by atoms with Gasteiger partial charge in [-0.3, -0.25) is 4.90 Å². The third-order valence-corrected chi connectivity index (χ3v) is 7.69. The Morgan fingerprint density at radius 2 is 1.26 bits per heavy atom. The summed E-state index contributed by atoms with van der Waals surface area (Å²) in [5.41, 5.74) is 0.860. The maximum Gasteiger partial charge on any atom is 0.338 e. The summed E-state index contributed by atoms with van der Waals surface area (Å²) in [7, 11) is 10.8. The van der Waals surface area contributed by atoms with Crippen molar-refractivity contribution in [2.75, 3.05) is 49.7 Å². The van der Waals surface area contributed by atoms with Gasteiger partial charge in [0.05, 0.1) is 54.3 Å². The molecule has 0 saturated carbocycles. The number of aliphatic hydroxyl groups excluding tert-OH is 1. The molecule has 0 aliphatic carbocycles. The Labute approximate surface area is 244 Å². The Bertz CT molecular complexity index is 1280. The number of aliphatic hydroxyl groups is 1. The number of nitrogens with zero attached hydrogens (tertiary/aromatic N) is 1. The molecule has 0 unspecified atom stereocenters. The zero-order chi connectivity index (χ0) is 30.6. The molecule has 2 heterocycles. The van der Waals surface area contributed by atoms with Crippen LogP contribution in [0.5, 0.6) is 34.5 Å². The third-order valence-electron chi connectivity index (χ3n) is 7.69. The molecule has 2 bridgehead atoms. The topological polar surface area (TPSA) is 131 Å². The number of carbonyl (C=O) groups excluding carboxylic acids is 2. The van der Waals surface area contributed by atoms with Crippen LogP contribution in [0.1, 0.15) is 28.8 Å². The highest BCUT2D eigenvalue weighted by Crippen LogP contribution is 2.41. The molecule has 2 aliphatic rings. The Hall–Kier alpha value is -4.16. The maximum atomic E-state index is 13.1. The number of likely N-dealkylation sites (N-methyl/N-ethyl adjacent to an activating group) is 1. The predicted octanol–water partition coefficient (Wildman–Crippen LogP) is 2.73. The van der Waals surface area contributed by atoms with Crippen LogP contribution in [0.4, 0.5) is 0 Å². The van der Waals surface area contributed by atoms with Crippen LogP contribution in [0.15, 0.2) is 30.3 Å². The Kier molecular flexibility index (Phi) is 9.69. The summed E-state index contributed by atoms with van der Waals surface area (Å²) in [5.74, 6) is 1.14. The molecule has 12 heteroatoms. The van der Waals surface area contributed by atoms with E-state index in [4.69, 9.17) is 37.9 Å². The van der Waals surface area contributed by atoms with E-state index in [2.05, 4.69) is 0 Å². The Morgan fingerprint density at radius 3 is 1.76 bits per heavy atom. The molecule has 2 aliphatic heterocycles. The second-order valence-corrected chi connectivity index (χ2v) is 9.90. The minimum absolute atomic E-state index is 0.233. The summed E-state index contributed by atoms with van der Waals surface area (Å²) >= 11 is 0. The molecule has 0 amide bonds. The van der Waals surface area contributed by atoms with Crippen molar-refractivity contribution in [3.8, 4) is 34.5 Å². The molecule has 0 radical (unpaired) electrons. The predicted molar refractivity (Wildman–Crippen MR) is 151 cm³/mol. The lowest BCUT2D eigenvalue weighted by molar-refractivity contribution is -0.148. The molecular formula is C30H37NO11. The lowest BCUT2D eigenvalue weighted by atomic mass is 10.00. The van der Waals surface area contributed by atoms with E-state index in [0.29, 0.717) is 52.9 Å². The highest BCUT2D eigenvalue weighted by atomic mass is 16.6. The lowest BCUT2D eigenvalue weighted by Gasteiger charge is -2.36. The van der Waals surface area contributed by atoms with Gasteiger partial charge in [0.25, 0.3) is 0 Å². The largest absolute Gasteiger partial charge is 0.493 e. The molecule has 0 aromatic heterocycles. The molecule has 2 saturated heterocycles. The number of esters is 2. The van der Waals surface area contributed by atoms with Gasteiger partial charge >= 0.3 is 11.9 Å². The highest BCUT2D eigenvalue weighted by Gasteiger charge is 2.53. The van der Waals surface area contributed by atoms with E-state index < -0.39 is 30.3 Å². The van der Waals surface area contributed by atoms with Crippen molar-refractivity contribution in [1.82, 2.24) is 4.90 Å². The zero-order valence-corrected chi connectivity index (χ0v) is 24.7. The van der Waals surface area contributed by atoms with Crippen molar-refractivity contribution in [2.24, 2.45) is 0 Å². The van der Waals surface area contributed by atoms with E-state index in [1.165, 1.54) is 60.9 Å². The SMILES string of the molecule is COc1cc(C=CC(=O)O[C@H]2[C@@H](O)[C@@H]3C[C@H](OC(=O)c4cc(OC)c(OC)c(OC)c4)C[C@H]2N3C)cc(OC)c1OC. The smallest absolute Gasteiger partial charge is 0.338 e. The van der Waals surface area contributed by atoms with Gasteiger partial charge in [-0.25, -0.2) is 9.59 Å². The molecule has 228 valence electrons. The van der Waals surface area contributed by atoms with Gasteiger partial charge in [-0.15, -0.1) is 0 Å². The fourth-order valence-corrected chi connectivity index (χ4v) is 5.60. The van der Waals surface area contributed by atoms with Crippen LogP contribution in [0, 0.1) is 0 Å². The summed E-state index contributed by atoms with van der Waals surface area (Å²) in [6.45, 7) is 0. The van der Waals surface area contributed by atoms with Gasteiger partial charge in [0.2, 0.25) is 11.5 Å². The lowest BCUT2D eigenvalue weighted by Crippen LogP contribution is -2.46. The second-order valence-electron chi connectivity index (χ2n) is 9.90. The van der Waals surface area contributed by atoms with Gasteiger partial charge in [-0.05, 0) is 43.0 Å². The van der Waals surface area contributed by atoms with Crippen LogP contribution >= 0.6 is 0 Å². The Morgan fingerprint density at radius 1 is 0.762 bits per heavy atom. The molecule has 0 spiro atoms. The zero-order valence-electron chi connectivity index (χ0n) is 24.7. The average molecular weight is 588 g/mol. The number of methoxy groups -OCH3 is 6. The molecule has 4 rings (SSSR count). The fourth-order valence-electron chi connectivity index (χ4n) is 5.60. The summed E-state index contributed by atoms with van der Waals surface area (Å²) < 4.78 is 43.6. The number of hydrogen-bond donors (Lipinski definition) is 1. The maximum absolute atomic E-state index is 13.1. The van der Waals surface area contributed by atoms with Crippen LogP contribution < -0.4 is 28.4 Å². The van der Waals surface area contributed by atoms with Crippen LogP contribution in [0.25, 0.3) is 6.08 Å². The number of ether oxygens (including phenoxy) is 8. The molecule has 5 atom stereocenters. The van der Waals surface area contributed by atoms with Crippen molar-refractivity contribution < 1.29 is 52.6 Å². The van der Waals surface area contributed by atoms with Crippen LogP contribution in [0.2, 0.25) is 0 Å². The monoisotopic (exact) mass is 587 g/mol. The average Bonchev–Trinajstić information content (AvgIpc) is 3.12. The normalized spacial score (nSPS) is 23.3. The third kappa shape index (κ3) is 6.04. The summed E-state index contributed by atoms with van der Waals surface area (Å²) in [6, 6.07) is 5.72. The minimum Gasteiger partial charge on any atom is -0.493 e. The molecule has 12 nitrogen and oxygen atoms in total. The van der Waals surface area contributed by atoms with Gasteiger partial charge in [0, 0.05) is 25.0 Å². The van der Waals surface area contributed by atoms with Crippen molar-refractivity contribution in [3.63, 3.8) is 0 Å². The first-order valence-corrected chi connectivity index (χ1v) is 13.3. The summed E-state index contributed by atoms with van der Waals surface area (Å²) in [4.78, 5) is 27.9. The number of piperidine rings is 1. The van der Waals surface area contributed by atoms with Crippen molar-refractivity contribution in [1.29, 1.82) is 0 Å². The summed E-state index contributed by atoms with van der Waals surface area (Å²) in [6.07, 6.45) is 1.32. The number of rotatable bonds is 11. The van der Waals surface area contributed by atoms with Gasteiger partial charge in [0.15, 0.2) is 23.0 Å². The fraction of sp³-hybridized carbons (Fsp3) is 0.467. The van der Waals surface area contributed by atoms with Gasteiger partial charge < -0.3 is 43.0 Å². The van der Waals surface area contributed by atoms with Crippen LogP contribution in [-0.4, -0.2) is 102 Å². The van der Waals surface area contributed by atoms with Crippen molar-refractivity contribution in [3.05, 3.63) is 41.5 Å². The molecule has 2 aromatic rings. The highest BCUT2D eigenvalue weighted by molar-refractivity contribution is 5.91. The molecule has 1 N–H and O–H groups in total. The van der Waals surface area contributed by atoms with Gasteiger partial charge in [0.1, 0.15) is 18.3 Å². The van der Waals surface area contributed by atoms with E-state index >= 15 is 0 Å². The Balaban J connectivity index is 1.44. The van der Waals surface area contributed by atoms with E-state index in [1.54, 1.807) is 18.2 Å². The standard InChI is InChI=1S/C30H37NO11/c1-31-19-14-18(41-30(34)17-12-23(37-4)29(40-7)24(13-17)38-5)15-20(31)27(26(19)33)42-25(32)9-8-16-10-21(35-2)28(39-6)22(11-16)36-3/h8-13,18-20,26-27,33H,14-15H2,1-7H3/t18-,19-,20+,26-,27+/m0/s1. The molecule has 2 aromatic carbocycles. The van der Waals surface area contributed by atoms with E-state index in [-0.39, 0.29) is 17.6 Å². The van der Waals surface area contributed by atoms with Gasteiger partial charge in [-0.1, -0.05) is 0 Å². The number of benzene rings is 2. The molecule has 42 heavy (non-hydrogen) atoms. The first-order valence-electron chi connectivity index (χ1n) is 13.3. The second kappa shape index (κ2) is 13.2. The first kappa shape index (κ1) is 30.8. The quantitative estimate of drug-likeness (QED) is 0.306. The molecule has 2 fully saturated rings. The molecular weight excluding hydrogens is 550 g/mol. The van der Waals surface area contributed by atoms with E-state index in [9.17, 15) is 14.7 Å². The summed E-state index contributed by atoms with van der Waals surface area (Å²) in [5, 5.41) is 11.0. The van der Waals surface area contributed by atoms with Crippen LogP contribution in [-0.2, 0) is 14.3 Å². The van der Waals surface area contributed by atoms with Crippen LogP contribution in [0.3, 0.4) is 0 Å². The van der Waals surface area contributed by atoms with E-state index in [0.717, 1.165) is 0 Å². The van der Waals surface area contributed by atoms with Gasteiger partial charge in [-0.2, -0.15) is 0 Å². The van der Waals surface area contributed by atoms with E-state index in [1.807, 2.05) is 11.9 Å². The van der Waals surface area contributed by atoms with Crippen molar-refractivity contribution >= 4 is 18.0 Å². The number of hydrogen-bond acceptors (Lipinski definition) is 12. The van der Waals surface area contributed by atoms with Crippen molar-refractivity contribution in [2.45, 2.75) is 43.2 Å². The first-order chi connectivity index (χ1) is 20.2. The minimum atomic E-state index is -0.955. The number of carbonyl (C=O) groups is 2.